The van der Waals surface area contributed by atoms with Crippen LogP contribution in [-0.2, 0) is 32.1 Å². The molecule has 0 aliphatic carbocycles. The van der Waals surface area contributed by atoms with Crippen molar-refractivity contribution >= 4 is 41.1 Å². The second kappa shape index (κ2) is 17.2. The van der Waals surface area contributed by atoms with Crippen LogP contribution < -0.4 is 15.4 Å². The minimum atomic E-state index is -1.26. The Balaban J connectivity index is 1.40. The predicted molar refractivity (Wildman–Crippen MR) is 186 cm³/mol. The van der Waals surface area contributed by atoms with Gasteiger partial charge in [-0.05, 0) is 87.4 Å². The van der Waals surface area contributed by atoms with Gasteiger partial charge in [-0.25, -0.2) is 14.4 Å². The first kappa shape index (κ1) is 37.2. The number of carbonyl (C=O) groups excluding carboxylic acids is 4. The molecular formula is C37H44ClN3O8. The number of methoxy groups -OCH3 is 1. The van der Waals surface area contributed by atoms with Crippen molar-refractivity contribution < 1.29 is 38.1 Å². The van der Waals surface area contributed by atoms with E-state index in [9.17, 15) is 19.2 Å². The molecule has 0 saturated carbocycles. The van der Waals surface area contributed by atoms with Gasteiger partial charge in [0, 0.05) is 55.3 Å². The highest BCUT2D eigenvalue weighted by Gasteiger charge is 2.30. The van der Waals surface area contributed by atoms with E-state index in [0.717, 1.165) is 11.3 Å². The van der Waals surface area contributed by atoms with Gasteiger partial charge in [0.15, 0.2) is 11.8 Å². The van der Waals surface area contributed by atoms with Crippen molar-refractivity contribution in [1.82, 2.24) is 10.2 Å². The third-order valence-corrected chi connectivity index (χ3v) is 8.00. The zero-order valence-electron chi connectivity index (χ0n) is 28.5. The van der Waals surface area contributed by atoms with Crippen LogP contribution in [0.5, 0.6) is 5.75 Å². The maximum absolute atomic E-state index is 13.3. The van der Waals surface area contributed by atoms with Crippen LogP contribution >= 0.6 is 11.6 Å². The van der Waals surface area contributed by atoms with Gasteiger partial charge < -0.3 is 29.2 Å². The van der Waals surface area contributed by atoms with Gasteiger partial charge in [0.2, 0.25) is 0 Å². The summed E-state index contributed by atoms with van der Waals surface area (Å²) in [5.41, 5.74) is 2.41. The number of halogens is 1. The molecule has 262 valence electrons. The second-order valence-electron chi connectivity index (χ2n) is 12.6. The highest BCUT2D eigenvalue weighted by atomic mass is 35.5. The molecular weight excluding hydrogens is 650 g/mol. The lowest BCUT2D eigenvalue weighted by atomic mass is 10.0. The van der Waals surface area contributed by atoms with E-state index in [1.807, 2.05) is 45.0 Å². The number of amides is 1. The van der Waals surface area contributed by atoms with Gasteiger partial charge in [-0.1, -0.05) is 29.8 Å². The minimum absolute atomic E-state index is 0.0104. The highest BCUT2D eigenvalue weighted by Crippen LogP contribution is 2.24. The third kappa shape index (κ3) is 11.0. The Morgan fingerprint density at radius 2 is 1.57 bits per heavy atom. The Morgan fingerprint density at radius 1 is 0.918 bits per heavy atom. The Morgan fingerprint density at radius 3 is 2.18 bits per heavy atom. The molecule has 1 saturated heterocycles. The number of piperidine rings is 1. The summed E-state index contributed by atoms with van der Waals surface area (Å²) in [4.78, 5) is 52.5. The monoisotopic (exact) mass is 693 g/mol. The van der Waals surface area contributed by atoms with Crippen LogP contribution in [0.3, 0.4) is 0 Å². The molecule has 3 aromatic carbocycles. The standard InChI is InChI=1S/C37H44ClN3O8/c1-6-47-35(44)32(33(42)25-11-13-28(38)14-12-25)40-23-27-10-9-26(34(43)46-5)21-31(27)39-22-24-7-15-29(16-8-24)48-30-17-19-41(20-18-30)36(45)49-37(2,3)4/h7-16,21,30,32,39-40H,6,17-20,22-23H2,1-5H3. The summed E-state index contributed by atoms with van der Waals surface area (Å²) in [5, 5.41) is 6.88. The third-order valence-electron chi connectivity index (χ3n) is 7.74. The Bertz CT molecular complexity index is 1600. The molecule has 1 aliphatic rings. The summed E-state index contributed by atoms with van der Waals surface area (Å²) in [6.07, 6.45) is 1.10. The largest absolute Gasteiger partial charge is 0.490 e. The van der Waals surface area contributed by atoms with E-state index in [1.54, 1.807) is 54.3 Å². The van der Waals surface area contributed by atoms with Gasteiger partial charge in [-0.3, -0.25) is 10.1 Å². The summed E-state index contributed by atoms with van der Waals surface area (Å²) in [6, 6.07) is 17.7. The fourth-order valence-corrected chi connectivity index (χ4v) is 5.33. The lowest BCUT2D eigenvalue weighted by Gasteiger charge is -2.33. The first-order valence-electron chi connectivity index (χ1n) is 16.2. The smallest absolute Gasteiger partial charge is 0.410 e. The molecule has 49 heavy (non-hydrogen) atoms. The van der Waals surface area contributed by atoms with Crippen LogP contribution in [0.2, 0.25) is 5.02 Å². The summed E-state index contributed by atoms with van der Waals surface area (Å²) in [6.45, 7) is 9.02. The van der Waals surface area contributed by atoms with E-state index in [4.69, 9.17) is 30.5 Å². The zero-order chi connectivity index (χ0) is 35.6. The molecule has 0 bridgehead atoms. The number of likely N-dealkylation sites (tertiary alicyclic amines) is 1. The fraction of sp³-hybridized carbons (Fsp3) is 0.405. The topological polar surface area (TPSA) is 132 Å². The zero-order valence-corrected chi connectivity index (χ0v) is 29.3. The van der Waals surface area contributed by atoms with E-state index in [0.29, 0.717) is 59.9 Å². The van der Waals surface area contributed by atoms with Crippen molar-refractivity contribution in [3.8, 4) is 5.75 Å². The number of carbonyl (C=O) groups is 4. The Kier molecular flexibility index (Phi) is 13.0. The lowest BCUT2D eigenvalue weighted by molar-refractivity contribution is -0.144. The molecule has 1 aliphatic heterocycles. The van der Waals surface area contributed by atoms with Crippen molar-refractivity contribution in [3.05, 3.63) is 94.0 Å². The summed E-state index contributed by atoms with van der Waals surface area (Å²) < 4.78 is 21.8. The number of hydrogen-bond acceptors (Lipinski definition) is 10. The van der Waals surface area contributed by atoms with Crippen LogP contribution in [0.1, 0.15) is 72.4 Å². The van der Waals surface area contributed by atoms with Gasteiger partial charge in [0.05, 0.1) is 19.3 Å². The van der Waals surface area contributed by atoms with Crippen molar-refractivity contribution in [2.75, 3.05) is 32.1 Å². The molecule has 3 aromatic rings. The van der Waals surface area contributed by atoms with Crippen molar-refractivity contribution in [1.29, 1.82) is 0 Å². The summed E-state index contributed by atoms with van der Waals surface area (Å²) in [5.74, 6) is -0.915. The van der Waals surface area contributed by atoms with E-state index in [1.165, 1.54) is 7.11 Å². The number of hydrogen-bond donors (Lipinski definition) is 2. The van der Waals surface area contributed by atoms with Gasteiger partial charge in [0.25, 0.3) is 0 Å². The van der Waals surface area contributed by atoms with E-state index < -0.39 is 29.4 Å². The SMILES string of the molecule is CCOC(=O)C(NCc1ccc(C(=O)OC)cc1NCc1ccc(OC2CCN(C(=O)OC(C)(C)C)CC2)cc1)C(=O)c1ccc(Cl)cc1. The predicted octanol–water partition coefficient (Wildman–Crippen LogP) is 6.42. The Labute approximate surface area is 292 Å². The van der Waals surface area contributed by atoms with Crippen LogP contribution in [0.4, 0.5) is 10.5 Å². The molecule has 11 nitrogen and oxygen atoms in total. The molecule has 2 N–H and O–H groups in total. The minimum Gasteiger partial charge on any atom is -0.490 e. The number of esters is 2. The molecule has 0 aromatic heterocycles. The highest BCUT2D eigenvalue weighted by molar-refractivity contribution is 6.30. The van der Waals surface area contributed by atoms with E-state index in [-0.39, 0.29) is 25.3 Å². The maximum Gasteiger partial charge on any atom is 0.410 e. The number of ketones is 1. The van der Waals surface area contributed by atoms with Crippen molar-refractivity contribution in [3.63, 3.8) is 0 Å². The molecule has 0 radical (unpaired) electrons. The molecule has 0 spiro atoms. The fourth-order valence-electron chi connectivity index (χ4n) is 5.20. The van der Waals surface area contributed by atoms with Gasteiger partial charge in [-0.15, -0.1) is 0 Å². The average Bonchev–Trinajstić information content (AvgIpc) is 3.08. The Hall–Kier alpha value is -4.61. The lowest BCUT2D eigenvalue weighted by Crippen LogP contribution is -2.44. The van der Waals surface area contributed by atoms with Crippen molar-refractivity contribution in [2.24, 2.45) is 0 Å². The van der Waals surface area contributed by atoms with Crippen LogP contribution in [0.25, 0.3) is 0 Å². The molecule has 1 fully saturated rings. The number of rotatable bonds is 13. The first-order chi connectivity index (χ1) is 23.4. The second-order valence-corrected chi connectivity index (χ2v) is 13.0. The number of nitrogens with one attached hydrogen (secondary N) is 2. The molecule has 1 atom stereocenters. The molecule has 1 unspecified atom stereocenters. The maximum atomic E-state index is 13.3. The number of Topliss-reactive ketones (excluding diaryl/α,β-unsaturated/α-hetero) is 1. The summed E-state index contributed by atoms with van der Waals surface area (Å²) >= 11 is 5.98. The number of ether oxygens (including phenoxy) is 4. The molecule has 1 heterocycles. The molecule has 4 rings (SSSR count). The average molecular weight is 694 g/mol. The van der Waals surface area contributed by atoms with E-state index >= 15 is 0 Å². The van der Waals surface area contributed by atoms with Gasteiger partial charge in [0.1, 0.15) is 17.5 Å². The number of nitrogens with zero attached hydrogens (tertiary/aromatic N) is 1. The van der Waals surface area contributed by atoms with Crippen LogP contribution in [-0.4, -0.2) is 73.3 Å². The first-order valence-corrected chi connectivity index (χ1v) is 16.6. The quantitative estimate of drug-likeness (QED) is 0.0894. The van der Waals surface area contributed by atoms with Gasteiger partial charge in [-0.2, -0.15) is 0 Å². The summed E-state index contributed by atoms with van der Waals surface area (Å²) in [7, 11) is 1.31. The van der Waals surface area contributed by atoms with Gasteiger partial charge >= 0.3 is 18.0 Å². The van der Waals surface area contributed by atoms with Crippen LogP contribution in [0, 0.1) is 0 Å². The van der Waals surface area contributed by atoms with Crippen molar-refractivity contribution in [2.45, 2.75) is 71.4 Å². The number of benzene rings is 3. The molecule has 1 amide bonds. The van der Waals surface area contributed by atoms with Crippen LogP contribution in [0.15, 0.2) is 66.7 Å². The number of anilines is 1. The van der Waals surface area contributed by atoms with E-state index in [2.05, 4.69) is 10.6 Å². The normalized spacial score (nSPS) is 14.0. The molecule has 12 heteroatoms.